The van der Waals surface area contributed by atoms with Crippen molar-refractivity contribution in [2.75, 3.05) is 0 Å². The average Bonchev–Trinajstić information content (AvgIpc) is 2.85. The van der Waals surface area contributed by atoms with Crippen molar-refractivity contribution in [3.8, 4) is 0 Å². The van der Waals surface area contributed by atoms with Crippen LogP contribution >= 0.6 is 0 Å². The van der Waals surface area contributed by atoms with E-state index in [9.17, 15) is 4.79 Å². The van der Waals surface area contributed by atoms with Crippen molar-refractivity contribution in [3.63, 3.8) is 0 Å². The van der Waals surface area contributed by atoms with E-state index >= 15 is 0 Å². The van der Waals surface area contributed by atoms with Crippen LogP contribution < -0.4 is 5.32 Å². The molecule has 22 heavy (non-hydrogen) atoms. The van der Waals surface area contributed by atoms with E-state index in [-0.39, 0.29) is 12.1 Å². The third kappa shape index (κ3) is 2.47. The van der Waals surface area contributed by atoms with E-state index in [1.165, 1.54) is 0 Å². The first-order valence-corrected chi connectivity index (χ1v) is 7.73. The van der Waals surface area contributed by atoms with Crippen molar-refractivity contribution >= 4 is 6.09 Å². The van der Waals surface area contributed by atoms with Gasteiger partial charge in [-0.1, -0.05) is 74.5 Å². The Labute approximate surface area is 131 Å². The van der Waals surface area contributed by atoms with Crippen LogP contribution in [-0.4, -0.2) is 12.1 Å². The highest BCUT2D eigenvalue weighted by atomic mass is 16.6. The maximum Gasteiger partial charge on any atom is 0.408 e. The Kier molecular flexibility index (Phi) is 3.88. The molecule has 3 nitrogen and oxygen atoms in total. The van der Waals surface area contributed by atoms with Gasteiger partial charge in [0.15, 0.2) is 5.60 Å². The van der Waals surface area contributed by atoms with Gasteiger partial charge in [-0.25, -0.2) is 4.79 Å². The molecule has 0 spiro atoms. The van der Waals surface area contributed by atoms with E-state index in [0.29, 0.717) is 5.92 Å². The summed E-state index contributed by atoms with van der Waals surface area (Å²) in [6, 6.07) is 19.9. The Bertz CT molecular complexity index is 597. The summed E-state index contributed by atoms with van der Waals surface area (Å²) in [4.78, 5) is 12.1. The summed E-state index contributed by atoms with van der Waals surface area (Å²) in [5.41, 5.74) is 1.25. The molecule has 1 fully saturated rings. The fraction of sp³-hybridized carbons (Fsp3) is 0.316. The van der Waals surface area contributed by atoms with Crippen LogP contribution in [0.3, 0.4) is 0 Å². The molecule has 1 aliphatic rings. The van der Waals surface area contributed by atoms with Crippen LogP contribution in [0.5, 0.6) is 0 Å². The van der Waals surface area contributed by atoms with Gasteiger partial charge in [0.05, 0.1) is 6.04 Å². The highest BCUT2D eigenvalue weighted by molar-refractivity contribution is 5.73. The molecular weight excluding hydrogens is 274 g/mol. The Morgan fingerprint density at radius 1 is 1.00 bits per heavy atom. The van der Waals surface area contributed by atoms with E-state index in [2.05, 4.69) is 19.2 Å². The molecule has 3 heteroatoms. The molecule has 1 N–H and O–H groups in total. The van der Waals surface area contributed by atoms with Crippen LogP contribution in [0.25, 0.3) is 0 Å². The van der Waals surface area contributed by atoms with Crippen molar-refractivity contribution in [1.29, 1.82) is 0 Å². The number of cyclic esters (lactones) is 1. The highest BCUT2D eigenvalue weighted by Gasteiger charge is 2.51. The number of alkyl carbamates (subject to hydrolysis) is 1. The molecule has 3 rings (SSSR count). The zero-order valence-corrected chi connectivity index (χ0v) is 13.0. The van der Waals surface area contributed by atoms with E-state index in [0.717, 1.165) is 17.5 Å². The number of carbonyl (C=O) groups is 1. The van der Waals surface area contributed by atoms with Gasteiger partial charge in [0, 0.05) is 11.1 Å². The zero-order chi connectivity index (χ0) is 15.6. The lowest BCUT2D eigenvalue weighted by molar-refractivity contribution is 0.0638. The Morgan fingerprint density at radius 3 is 1.95 bits per heavy atom. The molecule has 1 atom stereocenters. The predicted octanol–water partition coefficient (Wildman–Crippen LogP) is 4.08. The van der Waals surface area contributed by atoms with Gasteiger partial charge in [-0.15, -0.1) is 0 Å². The quantitative estimate of drug-likeness (QED) is 0.922. The maximum atomic E-state index is 12.1. The number of rotatable bonds is 4. The van der Waals surface area contributed by atoms with Gasteiger partial charge in [-0.2, -0.15) is 0 Å². The second-order valence-corrected chi connectivity index (χ2v) is 6.18. The fourth-order valence-corrected chi connectivity index (χ4v) is 3.25. The molecule has 1 amide bonds. The number of hydrogen-bond acceptors (Lipinski definition) is 2. The lowest BCUT2D eigenvalue weighted by Crippen LogP contribution is -2.43. The summed E-state index contributed by atoms with van der Waals surface area (Å²) in [6.07, 6.45) is 0.508. The van der Waals surface area contributed by atoms with E-state index in [1.807, 2.05) is 60.7 Å². The Morgan fingerprint density at radius 2 is 1.50 bits per heavy atom. The van der Waals surface area contributed by atoms with Crippen LogP contribution in [0.2, 0.25) is 0 Å². The number of nitrogens with one attached hydrogen (secondary N) is 1. The maximum absolute atomic E-state index is 12.1. The van der Waals surface area contributed by atoms with Crippen LogP contribution in [0.4, 0.5) is 4.79 Å². The number of ether oxygens (including phenoxy) is 1. The van der Waals surface area contributed by atoms with Crippen molar-refractivity contribution in [2.24, 2.45) is 5.92 Å². The van der Waals surface area contributed by atoms with E-state index < -0.39 is 5.60 Å². The predicted molar refractivity (Wildman–Crippen MR) is 86.5 cm³/mol. The topological polar surface area (TPSA) is 38.3 Å². The first-order valence-electron chi connectivity index (χ1n) is 7.73. The number of amides is 1. The molecule has 0 bridgehead atoms. The monoisotopic (exact) mass is 295 g/mol. The second-order valence-electron chi connectivity index (χ2n) is 6.18. The Hall–Kier alpha value is -2.29. The molecule has 0 radical (unpaired) electrons. The lowest BCUT2D eigenvalue weighted by Gasteiger charge is -2.34. The average molecular weight is 295 g/mol. The minimum absolute atomic E-state index is 0.0789. The standard InChI is InChI=1S/C19H21NO2/c1-14(2)13-17-19(22-18(21)20-17,15-9-5-3-6-10-15)16-11-7-4-8-12-16/h3-12,14,17H,13H2,1-2H3,(H,20,21)/t17-/m1/s1. The molecule has 0 aromatic heterocycles. The molecule has 2 aromatic rings. The summed E-state index contributed by atoms with van der Waals surface area (Å²) in [5, 5.41) is 3.01. The largest absolute Gasteiger partial charge is 0.431 e. The molecule has 0 aliphatic carbocycles. The van der Waals surface area contributed by atoms with Crippen molar-refractivity contribution in [1.82, 2.24) is 5.32 Å². The summed E-state index contributed by atoms with van der Waals surface area (Å²) in [5.74, 6) is 0.457. The van der Waals surface area contributed by atoms with Gasteiger partial charge in [-0.05, 0) is 12.3 Å². The first-order chi connectivity index (χ1) is 10.6. The summed E-state index contributed by atoms with van der Waals surface area (Å²) in [7, 11) is 0. The zero-order valence-electron chi connectivity index (χ0n) is 13.0. The molecular formula is C19H21NO2. The third-order valence-electron chi connectivity index (χ3n) is 4.15. The van der Waals surface area contributed by atoms with Crippen molar-refractivity contribution in [2.45, 2.75) is 31.9 Å². The lowest BCUT2D eigenvalue weighted by atomic mass is 9.78. The fourth-order valence-electron chi connectivity index (χ4n) is 3.25. The van der Waals surface area contributed by atoms with Crippen LogP contribution in [0.1, 0.15) is 31.4 Å². The molecule has 2 aromatic carbocycles. The van der Waals surface area contributed by atoms with E-state index in [4.69, 9.17) is 4.74 Å². The number of benzene rings is 2. The summed E-state index contributed by atoms with van der Waals surface area (Å²) >= 11 is 0. The molecule has 114 valence electrons. The molecule has 0 unspecified atom stereocenters. The van der Waals surface area contributed by atoms with Gasteiger partial charge in [-0.3, -0.25) is 0 Å². The Balaban J connectivity index is 2.16. The number of carbonyl (C=O) groups excluding carboxylic acids is 1. The van der Waals surface area contributed by atoms with Gasteiger partial charge >= 0.3 is 6.09 Å². The van der Waals surface area contributed by atoms with Crippen LogP contribution in [-0.2, 0) is 10.3 Å². The van der Waals surface area contributed by atoms with Crippen LogP contribution in [0, 0.1) is 5.92 Å². The molecule has 1 aliphatic heterocycles. The van der Waals surface area contributed by atoms with Gasteiger partial charge in [0.25, 0.3) is 0 Å². The molecule has 1 heterocycles. The SMILES string of the molecule is CC(C)C[C@H]1NC(=O)OC1(c1ccccc1)c1ccccc1. The second kappa shape index (κ2) is 5.84. The smallest absolute Gasteiger partial charge is 0.408 e. The highest BCUT2D eigenvalue weighted by Crippen LogP contribution is 2.42. The normalized spacial score (nSPS) is 19.8. The number of hydrogen-bond donors (Lipinski definition) is 1. The molecule has 0 saturated carbocycles. The van der Waals surface area contributed by atoms with Crippen LogP contribution in [0.15, 0.2) is 60.7 Å². The van der Waals surface area contributed by atoms with Crippen molar-refractivity contribution in [3.05, 3.63) is 71.8 Å². The van der Waals surface area contributed by atoms with Gasteiger partial charge in [0.2, 0.25) is 0 Å². The molecule has 1 saturated heterocycles. The summed E-state index contributed by atoms with van der Waals surface area (Å²) in [6.45, 7) is 4.32. The van der Waals surface area contributed by atoms with Crippen molar-refractivity contribution < 1.29 is 9.53 Å². The van der Waals surface area contributed by atoms with Gasteiger partial charge < -0.3 is 10.1 Å². The summed E-state index contributed by atoms with van der Waals surface area (Å²) < 4.78 is 5.88. The van der Waals surface area contributed by atoms with Gasteiger partial charge in [0.1, 0.15) is 0 Å². The first kappa shape index (κ1) is 14.6. The third-order valence-corrected chi connectivity index (χ3v) is 4.15. The minimum Gasteiger partial charge on any atom is -0.431 e. The van der Waals surface area contributed by atoms with E-state index in [1.54, 1.807) is 0 Å². The minimum atomic E-state index is -0.760.